The van der Waals surface area contributed by atoms with Gasteiger partial charge in [0, 0.05) is 6.20 Å². The lowest BCUT2D eigenvalue weighted by Gasteiger charge is -2.00. The highest BCUT2D eigenvalue weighted by Gasteiger charge is 2.26. The molecule has 2 N–H and O–H groups in total. The number of aromatic nitrogens is 1. The molecule has 76 valence electrons. The minimum Gasteiger partial charge on any atom is -0.262 e. The van der Waals surface area contributed by atoms with Gasteiger partial charge in [-0.25, -0.2) is 13.6 Å². The molecule has 1 aromatic rings. The Morgan fingerprint density at radius 1 is 1.50 bits per heavy atom. The summed E-state index contributed by atoms with van der Waals surface area (Å²) in [5.74, 6) is 0. The van der Waals surface area contributed by atoms with Gasteiger partial charge >= 0.3 is 5.69 Å². The summed E-state index contributed by atoms with van der Waals surface area (Å²) >= 11 is 2.82. The second kappa shape index (κ2) is 3.59. The Balaban J connectivity index is 3.61. The van der Waals surface area contributed by atoms with Crippen LogP contribution >= 0.6 is 15.9 Å². The summed E-state index contributed by atoms with van der Waals surface area (Å²) in [5, 5.41) is 15.3. The molecule has 0 spiro atoms. The first kappa shape index (κ1) is 11.0. The third-order valence-electron chi connectivity index (χ3n) is 1.33. The van der Waals surface area contributed by atoms with Crippen molar-refractivity contribution in [2.45, 2.75) is 4.90 Å². The molecule has 0 aromatic carbocycles. The molecule has 0 aliphatic carbocycles. The van der Waals surface area contributed by atoms with Crippen molar-refractivity contribution < 1.29 is 13.3 Å². The molecule has 14 heavy (non-hydrogen) atoms. The number of halogens is 1. The normalized spacial score (nSPS) is 11.3. The van der Waals surface area contributed by atoms with Crippen molar-refractivity contribution in [3.8, 4) is 0 Å². The Morgan fingerprint density at radius 3 is 2.43 bits per heavy atom. The number of nitrogens with two attached hydrogens (primary N) is 1. The number of rotatable bonds is 2. The lowest BCUT2D eigenvalue weighted by Crippen LogP contribution is -2.14. The van der Waals surface area contributed by atoms with Crippen LogP contribution in [0, 0.1) is 10.1 Å². The van der Waals surface area contributed by atoms with E-state index in [9.17, 15) is 18.5 Å². The molecule has 0 unspecified atom stereocenters. The molecule has 1 rings (SSSR count). The number of pyridine rings is 1. The van der Waals surface area contributed by atoms with Gasteiger partial charge in [0.2, 0.25) is 10.0 Å². The molecule has 0 saturated heterocycles. The summed E-state index contributed by atoms with van der Waals surface area (Å²) in [5.41, 5.74) is -0.609. The third-order valence-corrected chi connectivity index (χ3v) is 2.82. The molecule has 0 saturated carbocycles. The topological polar surface area (TPSA) is 116 Å². The maximum absolute atomic E-state index is 10.9. The molecule has 7 nitrogen and oxygen atoms in total. The molecule has 0 aliphatic heterocycles. The number of sulfonamides is 1. The van der Waals surface area contributed by atoms with E-state index in [1.807, 2.05) is 0 Å². The molecule has 0 atom stereocenters. The van der Waals surface area contributed by atoms with Gasteiger partial charge in [-0.2, -0.15) is 0 Å². The molecule has 0 aliphatic rings. The predicted octanol–water partition coefficient (Wildman–Crippen LogP) is 0.400. The molecule has 1 aromatic heterocycles. The molecule has 0 fully saturated rings. The van der Waals surface area contributed by atoms with E-state index < -0.39 is 25.5 Å². The zero-order valence-corrected chi connectivity index (χ0v) is 8.95. The van der Waals surface area contributed by atoms with E-state index in [0.717, 1.165) is 12.4 Å². The highest BCUT2D eigenvalue weighted by atomic mass is 79.9. The maximum atomic E-state index is 10.9. The van der Waals surface area contributed by atoms with Crippen molar-refractivity contribution in [3.05, 3.63) is 27.0 Å². The highest BCUT2D eigenvalue weighted by molar-refractivity contribution is 9.10. The van der Waals surface area contributed by atoms with Gasteiger partial charge in [0.15, 0.2) is 4.90 Å². The summed E-state index contributed by atoms with van der Waals surface area (Å²) < 4.78 is 21.8. The summed E-state index contributed by atoms with van der Waals surface area (Å²) in [6, 6.07) is 0. The van der Waals surface area contributed by atoms with E-state index in [2.05, 4.69) is 20.9 Å². The fraction of sp³-hybridized carbons (Fsp3) is 0. The quantitative estimate of drug-likeness (QED) is 0.622. The Bertz CT molecular complexity index is 486. The molecular weight excluding hydrogens is 278 g/mol. The Kier molecular flexibility index (Phi) is 2.83. The van der Waals surface area contributed by atoms with Gasteiger partial charge in [0.1, 0.15) is 4.47 Å². The number of primary sulfonamides is 1. The first-order valence-corrected chi connectivity index (χ1v) is 5.48. The summed E-state index contributed by atoms with van der Waals surface area (Å²) in [6.45, 7) is 0. The lowest BCUT2D eigenvalue weighted by molar-refractivity contribution is -0.388. The zero-order valence-electron chi connectivity index (χ0n) is 6.55. The van der Waals surface area contributed by atoms with E-state index in [-0.39, 0.29) is 4.47 Å². The van der Waals surface area contributed by atoms with Crippen molar-refractivity contribution in [1.82, 2.24) is 4.98 Å². The fourth-order valence-corrected chi connectivity index (χ4v) is 2.07. The summed E-state index contributed by atoms with van der Waals surface area (Å²) in [6.07, 6.45) is 1.95. The minimum absolute atomic E-state index is 0.0333. The Hall–Kier alpha value is -1.06. The van der Waals surface area contributed by atoms with Gasteiger partial charge in [0.05, 0.1) is 11.1 Å². The minimum atomic E-state index is -4.14. The van der Waals surface area contributed by atoms with Crippen molar-refractivity contribution in [1.29, 1.82) is 0 Å². The monoisotopic (exact) mass is 281 g/mol. The van der Waals surface area contributed by atoms with Crippen LogP contribution in [0.25, 0.3) is 0 Å². The predicted molar refractivity (Wildman–Crippen MR) is 50.0 cm³/mol. The van der Waals surface area contributed by atoms with Crippen molar-refractivity contribution >= 4 is 31.6 Å². The summed E-state index contributed by atoms with van der Waals surface area (Å²) in [4.78, 5) is 12.5. The number of nitro groups is 1. The number of nitrogens with zero attached hydrogens (tertiary/aromatic N) is 2. The molecular formula is C5H4BrN3O4S. The van der Waals surface area contributed by atoms with E-state index >= 15 is 0 Å². The fourth-order valence-electron chi connectivity index (χ4n) is 0.796. The van der Waals surface area contributed by atoms with E-state index in [1.54, 1.807) is 0 Å². The molecule has 1 heterocycles. The van der Waals surface area contributed by atoms with Gasteiger partial charge < -0.3 is 0 Å². The van der Waals surface area contributed by atoms with E-state index in [1.165, 1.54) is 0 Å². The van der Waals surface area contributed by atoms with Crippen LogP contribution in [-0.4, -0.2) is 18.3 Å². The van der Waals surface area contributed by atoms with Gasteiger partial charge in [-0.3, -0.25) is 15.1 Å². The van der Waals surface area contributed by atoms with Gasteiger partial charge in [-0.15, -0.1) is 0 Å². The van der Waals surface area contributed by atoms with E-state index in [4.69, 9.17) is 5.14 Å². The van der Waals surface area contributed by atoms with Crippen LogP contribution in [0.5, 0.6) is 0 Å². The van der Waals surface area contributed by atoms with Crippen molar-refractivity contribution in [3.63, 3.8) is 0 Å². The molecule has 0 radical (unpaired) electrons. The number of hydrogen-bond donors (Lipinski definition) is 1. The van der Waals surface area contributed by atoms with Crippen LogP contribution in [0.4, 0.5) is 5.69 Å². The Labute approximate surface area is 87.3 Å². The Morgan fingerprint density at radius 2 is 2.07 bits per heavy atom. The number of hydrogen-bond acceptors (Lipinski definition) is 5. The lowest BCUT2D eigenvalue weighted by atomic mass is 10.4. The van der Waals surface area contributed by atoms with Crippen LogP contribution in [-0.2, 0) is 10.0 Å². The van der Waals surface area contributed by atoms with Crippen molar-refractivity contribution in [2.75, 3.05) is 0 Å². The largest absolute Gasteiger partial charge is 0.306 e. The van der Waals surface area contributed by atoms with Crippen LogP contribution in [0.3, 0.4) is 0 Å². The molecule has 0 amide bonds. The van der Waals surface area contributed by atoms with Crippen LogP contribution in [0.15, 0.2) is 21.8 Å². The first-order chi connectivity index (χ1) is 6.34. The van der Waals surface area contributed by atoms with Gasteiger partial charge in [-0.1, -0.05) is 0 Å². The average Bonchev–Trinajstić information content (AvgIpc) is 2.01. The van der Waals surface area contributed by atoms with Gasteiger partial charge in [0.25, 0.3) is 0 Å². The van der Waals surface area contributed by atoms with Crippen LogP contribution < -0.4 is 5.14 Å². The molecule has 9 heteroatoms. The molecule has 0 bridgehead atoms. The second-order valence-electron chi connectivity index (χ2n) is 2.27. The second-order valence-corrected chi connectivity index (χ2v) is 4.65. The summed E-state index contributed by atoms with van der Waals surface area (Å²) in [7, 11) is -4.14. The smallest absolute Gasteiger partial charge is 0.262 e. The van der Waals surface area contributed by atoms with E-state index in [0.29, 0.717) is 0 Å². The highest BCUT2D eigenvalue weighted by Crippen LogP contribution is 2.29. The standard InChI is InChI=1S/C5H4BrN3O4S/c6-3-1-8-2-4(14(7,12)13)5(3)9(10)11/h1-2H,(H2,7,12,13). The third kappa shape index (κ3) is 2.05. The maximum Gasteiger partial charge on any atom is 0.306 e. The average molecular weight is 282 g/mol. The van der Waals surface area contributed by atoms with Crippen LogP contribution in [0.1, 0.15) is 0 Å². The van der Waals surface area contributed by atoms with Crippen molar-refractivity contribution in [2.24, 2.45) is 5.14 Å². The van der Waals surface area contributed by atoms with Crippen LogP contribution in [0.2, 0.25) is 0 Å². The zero-order chi connectivity index (χ0) is 10.9. The first-order valence-electron chi connectivity index (χ1n) is 3.14. The van der Waals surface area contributed by atoms with Gasteiger partial charge in [-0.05, 0) is 15.9 Å². The SMILES string of the molecule is NS(=O)(=O)c1cncc(Br)c1[N+](=O)[O-].